The number of alkyl halides is 3. The van der Waals surface area contributed by atoms with E-state index in [1.165, 1.54) is 46.3 Å². The summed E-state index contributed by atoms with van der Waals surface area (Å²) >= 11 is 6.54. The van der Waals surface area contributed by atoms with Gasteiger partial charge < -0.3 is 59.9 Å². The Labute approximate surface area is 707 Å². The van der Waals surface area contributed by atoms with Crippen LogP contribution in [0.4, 0.5) is 51.7 Å². The molecular formula is C77H85ClF4N18O20S3. The number of ketones is 1. The average molecular weight is 1790 g/mol. The number of amides is 3. The number of carbonyl (C=O) groups excluding carboxylic acids is 4. The number of nitrogens with two attached hydrogens (primary N) is 3. The second kappa shape index (κ2) is 41.8. The molecule has 0 spiro atoms. The molecule has 4 aliphatic heterocycles. The van der Waals surface area contributed by atoms with Gasteiger partial charge in [0.25, 0.3) is 11.4 Å². The van der Waals surface area contributed by atoms with E-state index in [1.807, 2.05) is 12.1 Å². The number of carbonyl (C=O) groups is 4. The number of nitrogens with one attached hydrogen (secondary N) is 3. The number of hydrogen-bond donors (Lipinski definition) is 6. The SMILES string of the molecule is CC1(C)CCC(CN2CCN(c3ccc(C(=O)CS(=O)(=O)c4ccc(NCC5CN(C(=O)CC#N)CCO5)c([N+](=O)[O-])c4)c(Oc4cnc5[nH]ccc5c4)c3)CC2)=C(c2ccc(C(F)(F)F)cc2Cl)C1.N#CCC(=O)N1CCOC(CN)C1.N#CCC(=O)N1CCOC(CNc2ccc(S(N)(=O)=O)cc2[N+](=O)[O-])C1.NS(=O)(=O)c1ccc(F)c([N+](=O)[O-])c1. The first-order valence-electron chi connectivity index (χ1n) is 37.7. The number of primary sulfonamides is 2. The molecule has 123 heavy (non-hydrogen) atoms. The second-order valence-electron chi connectivity index (χ2n) is 29.3. The smallest absolute Gasteiger partial charge is 0.416 e. The fourth-order valence-electron chi connectivity index (χ4n) is 13.6. The number of Topliss-reactive ketones (excluding diaryl/α,β-unsaturated/α-hetero) is 1. The van der Waals surface area contributed by atoms with Crippen LogP contribution in [-0.4, -0.2) is 229 Å². The molecule has 5 aromatic carbocycles. The van der Waals surface area contributed by atoms with Crippen molar-refractivity contribution in [1.82, 2.24) is 29.6 Å². The molecule has 656 valence electrons. The zero-order chi connectivity index (χ0) is 89.9. The Morgan fingerprint density at radius 2 is 1.17 bits per heavy atom. The number of H-pyrrole nitrogens is 1. The number of morpholine rings is 3. The van der Waals surface area contributed by atoms with E-state index >= 15 is 0 Å². The van der Waals surface area contributed by atoms with Gasteiger partial charge in [0.1, 0.15) is 53.5 Å². The van der Waals surface area contributed by atoms with Gasteiger partial charge in [-0.15, -0.1) is 0 Å². The van der Waals surface area contributed by atoms with Crippen LogP contribution in [0.2, 0.25) is 5.02 Å². The molecule has 5 aliphatic rings. The number of benzene rings is 5. The van der Waals surface area contributed by atoms with Crippen LogP contribution in [0.25, 0.3) is 16.6 Å². The Hall–Kier alpha value is -11.9. The minimum absolute atomic E-state index is 0.00222. The first kappa shape index (κ1) is 94.9. The van der Waals surface area contributed by atoms with Crippen LogP contribution in [0.15, 0.2) is 136 Å². The van der Waals surface area contributed by atoms with Gasteiger partial charge in [0.15, 0.2) is 15.6 Å². The first-order chi connectivity index (χ1) is 58.1. The number of nitriles is 3. The third kappa shape index (κ3) is 26.3. The minimum atomic E-state index is -4.51. The number of piperazine rings is 1. The molecule has 4 saturated heterocycles. The highest BCUT2D eigenvalue weighted by molar-refractivity contribution is 7.92. The van der Waals surface area contributed by atoms with Crippen LogP contribution in [0, 0.1) is 75.6 Å². The van der Waals surface area contributed by atoms with Crippen molar-refractivity contribution in [3.05, 3.63) is 179 Å². The van der Waals surface area contributed by atoms with Gasteiger partial charge >= 0.3 is 11.9 Å². The number of nitro benzene ring substituents is 3. The maximum Gasteiger partial charge on any atom is 0.416 e. The van der Waals surface area contributed by atoms with Crippen molar-refractivity contribution in [2.24, 2.45) is 21.4 Å². The zero-order valence-electron chi connectivity index (χ0n) is 66.1. The van der Waals surface area contributed by atoms with E-state index in [9.17, 15) is 92.3 Å². The van der Waals surface area contributed by atoms with Crippen molar-refractivity contribution in [3.63, 3.8) is 0 Å². The van der Waals surface area contributed by atoms with E-state index in [2.05, 4.69) is 44.2 Å². The molecule has 38 nitrogen and oxygen atoms in total. The van der Waals surface area contributed by atoms with E-state index in [4.69, 9.17) is 62.3 Å². The monoisotopic (exact) mass is 1790 g/mol. The number of aromatic nitrogens is 2. The number of hydrogen-bond acceptors (Lipinski definition) is 29. The summed E-state index contributed by atoms with van der Waals surface area (Å²) in [7, 11) is -12.6. The lowest BCUT2D eigenvalue weighted by atomic mass is 9.72. The van der Waals surface area contributed by atoms with Gasteiger partial charge in [-0.25, -0.2) is 40.5 Å². The van der Waals surface area contributed by atoms with Crippen molar-refractivity contribution in [1.29, 1.82) is 15.8 Å². The van der Waals surface area contributed by atoms with Gasteiger partial charge in [-0.1, -0.05) is 37.1 Å². The summed E-state index contributed by atoms with van der Waals surface area (Å²) in [6.45, 7) is 11.1. The van der Waals surface area contributed by atoms with Crippen LogP contribution in [-0.2, 0) is 64.7 Å². The molecule has 4 fully saturated rings. The third-order valence-corrected chi connectivity index (χ3v) is 23.8. The van der Waals surface area contributed by atoms with Gasteiger partial charge in [0, 0.05) is 138 Å². The van der Waals surface area contributed by atoms with Gasteiger partial charge in [-0.05, 0) is 109 Å². The number of nitrogens with zero attached hydrogens (tertiary/aromatic N) is 12. The van der Waals surface area contributed by atoms with Gasteiger partial charge in [-0.2, -0.15) is 33.3 Å². The number of nitro groups is 3. The predicted molar refractivity (Wildman–Crippen MR) is 436 cm³/mol. The summed E-state index contributed by atoms with van der Waals surface area (Å²) in [5, 5.41) is 75.7. The summed E-state index contributed by atoms with van der Waals surface area (Å²) < 4.78 is 148. The number of ether oxygens (including phenoxy) is 4. The number of aromatic amines is 1. The van der Waals surface area contributed by atoms with E-state index in [1.54, 1.807) is 41.4 Å². The van der Waals surface area contributed by atoms with Crippen molar-refractivity contribution in [2.75, 3.05) is 133 Å². The second-order valence-corrected chi connectivity index (χ2v) is 34.8. The first-order valence-corrected chi connectivity index (χ1v) is 42.8. The van der Waals surface area contributed by atoms with Crippen LogP contribution in [0.5, 0.6) is 11.5 Å². The van der Waals surface area contributed by atoms with Crippen molar-refractivity contribution < 1.29 is 95.7 Å². The molecule has 7 aromatic rings. The third-order valence-electron chi connectivity index (χ3n) is 20.1. The minimum Gasteiger partial charge on any atom is -0.455 e. The lowest BCUT2D eigenvalue weighted by molar-refractivity contribution is -0.387. The molecule has 3 atom stereocenters. The molecule has 0 saturated carbocycles. The molecule has 9 N–H and O–H groups in total. The summed E-state index contributed by atoms with van der Waals surface area (Å²) in [5.74, 6) is -3.38. The molecule has 6 heterocycles. The number of fused-ring (bicyclic) bond motifs is 1. The number of sulfone groups is 1. The number of anilines is 3. The maximum atomic E-state index is 14.1. The molecule has 0 bridgehead atoms. The largest absolute Gasteiger partial charge is 0.455 e. The van der Waals surface area contributed by atoms with Crippen LogP contribution in [0.3, 0.4) is 0 Å². The Kier molecular flexibility index (Phi) is 32.2. The summed E-state index contributed by atoms with van der Waals surface area (Å²) in [6, 6.07) is 26.1. The normalized spacial score (nSPS) is 17.5. The maximum absolute atomic E-state index is 14.1. The fourth-order valence-corrected chi connectivity index (χ4v) is 16.2. The van der Waals surface area contributed by atoms with E-state index in [0.29, 0.717) is 108 Å². The summed E-state index contributed by atoms with van der Waals surface area (Å²) in [4.78, 5) is 95.6. The number of sulfonamides is 2. The van der Waals surface area contributed by atoms with Crippen LogP contribution < -0.4 is 36.3 Å². The number of rotatable bonds is 25. The van der Waals surface area contributed by atoms with Gasteiger partial charge in [-0.3, -0.25) is 54.4 Å². The van der Waals surface area contributed by atoms with Crippen molar-refractivity contribution >= 4 is 116 Å². The van der Waals surface area contributed by atoms with E-state index in [0.717, 1.165) is 65.8 Å². The number of halogens is 5. The van der Waals surface area contributed by atoms with Crippen LogP contribution >= 0.6 is 11.6 Å². The van der Waals surface area contributed by atoms with Gasteiger partial charge in [0.05, 0.1) is 103 Å². The summed E-state index contributed by atoms with van der Waals surface area (Å²) in [6.07, 6.45) is -0.569. The van der Waals surface area contributed by atoms with Crippen LogP contribution in [0.1, 0.15) is 73.9 Å². The lowest BCUT2D eigenvalue weighted by Gasteiger charge is -2.39. The topological polar surface area (TPSA) is 555 Å². The highest BCUT2D eigenvalue weighted by Gasteiger charge is 2.36. The molecule has 3 amide bonds. The fraction of sp³-hybridized carbons (Fsp3) is 0.403. The highest BCUT2D eigenvalue weighted by Crippen LogP contribution is 2.46. The van der Waals surface area contributed by atoms with Crippen molar-refractivity contribution in [2.45, 2.75) is 91.5 Å². The van der Waals surface area contributed by atoms with Gasteiger partial charge in [0.2, 0.25) is 43.6 Å². The lowest BCUT2D eigenvalue weighted by Crippen LogP contribution is -2.48. The summed E-state index contributed by atoms with van der Waals surface area (Å²) in [5.41, 5.74) is 6.77. The quantitative estimate of drug-likeness (QED) is 0.0136. The zero-order valence-corrected chi connectivity index (χ0v) is 69.3. The standard InChI is InChI=1S/C49H50ClF3N8O8S.C14H17N5O6S.C8H13N3O2.C6H5FN2O4S/c1-48(2)12-9-32(40(25-48)38-6-3-33(22-41(38)50)49(51,52)53)28-58-15-17-59(18-16-58)34-4-7-39(45(23-34)69-35-21-31-11-14-55-47(31)57-26-35)44(62)30-70(66,67)37-5-8-42(43(24-37)61(64)65)56-27-36-29-60(19-20-68-36)46(63)10-13-54;15-4-3-14(20)18-5-6-25-10(9-18)8-17-12-2-1-11(26(16,23)24)7-13(12)19(21)22;9-2-1-8(12)11-3-4-13-7(5-10)6-11;7-5-2-1-4(14(8,12)13)3-6(5)9(10)11/h3-8,11,14,21-24,26,36,56H,9-10,12,15-20,25,27-30H2,1-2H3,(H,55,57);1-2,7,10,17H,3,5-6,8-9H2,(H2,16,23,24);7H,1,3-6,10H2;1-3H,(H2,8,12,13). The van der Waals surface area contributed by atoms with E-state index in [-0.39, 0.29) is 126 Å². The Balaban J connectivity index is 0.000000259. The molecule has 46 heteroatoms. The Morgan fingerprint density at radius 1 is 0.667 bits per heavy atom. The number of pyridine rings is 1. The molecule has 12 rings (SSSR count). The molecule has 1 aliphatic carbocycles. The molecule has 3 unspecified atom stereocenters. The molecule has 0 radical (unpaired) electrons. The Bertz CT molecular complexity index is 5670. The molecule has 2 aromatic heterocycles. The predicted octanol–water partition coefficient (Wildman–Crippen LogP) is 8.19. The highest BCUT2D eigenvalue weighted by atomic mass is 35.5. The Morgan fingerprint density at radius 3 is 1.67 bits per heavy atom. The molecular weight excluding hydrogens is 1700 g/mol. The number of allylic oxidation sites excluding steroid dienone is 1. The van der Waals surface area contributed by atoms with E-state index < -0.39 is 113 Å². The average Bonchev–Trinajstić information content (AvgIpc) is 0.948. The van der Waals surface area contributed by atoms with Crippen molar-refractivity contribution in [3.8, 4) is 29.7 Å².